The Hall–Kier alpha value is -2.41. The zero-order valence-electron chi connectivity index (χ0n) is 14.1. The van der Waals surface area contributed by atoms with Gasteiger partial charge in [0.2, 0.25) is 0 Å². The zero-order chi connectivity index (χ0) is 17.9. The first-order valence-electron chi connectivity index (χ1n) is 8.31. The fourth-order valence-electron chi connectivity index (χ4n) is 2.82. The van der Waals surface area contributed by atoms with Crippen molar-refractivity contribution in [2.24, 2.45) is 4.40 Å². The van der Waals surface area contributed by atoms with Crippen molar-refractivity contribution < 1.29 is 13.2 Å². The molecule has 0 spiro atoms. The van der Waals surface area contributed by atoms with Crippen LogP contribution in [0.15, 0.2) is 58.7 Å². The number of hydrogen-bond donors (Lipinski definition) is 0. The molecule has 0 aromatic heterocycles. The van der Waals surface area contributed by atoms with E-state index in [1.165, 1.54) is 5.56 Å². The van der Waals surface area contributed by atoms with E-state index in [4.69, 9.17) is 0 Å². The summed E-state index contributed by atoms with van der Waals surface area (Å²) in [5.41, 5.74) is 1.74. The third-order valence-electron chi connectivity index (χ3n) is 4.25. The summed E-state index contributed by atoms with van der Waals surface area (Å²) >= 11 is 0. The van der Waals surface area contributed by atoms with Crippen LogP contribution < -0.4 is 0 Å². The fraction of sp³-hybridized carbons (Fsp3) is 0.333. The second kappa shape index (κ2) is 7.23. The number of fused-ring (bicyclic) bond motifs is 1. The van der Waals surface area contributed by atoms with Gasteiger partial charge in [-0.15, -0.1) is 4.40 Å². The molecule has 2 aliphatic heterocycles. The number of amides is 1. The molecule has 1 aromatic rings. The Labute approximate surface area is 148 Å². The summed E-state index contributed by atoms with van der Waals surface area (Å²) in [6.45, 7) is 3.53. The Bertz CT molecular complexity index is 842. The van der Waals surface area contributed by atoms with Crippen molar-refractivity contribution in [3.05, 3.63) is 59.8 Å². The monoisotopic (exact) mass is 359 g/mol. The summed E-state index contributed by atoms with van der Waals surface area (Å²) in [4.78, 5) is 16.3. The van der Waals surface area contributed by atoms with E-state index in [-0.39, 0.29) is 11.7 Å². The quantitative estimate of drug-likeness (QED) is 0.800. The largest absolute Gasteiger partial charge is 0.339 e. The summed E-state index contributed by atoms with van der Waals surface area (Å²) < 4.78 is 26.8. The van der Waals surface area contributed by atoms with Crippen molar-refractivity contribution in [2.45, 2.75) is 13.3 Å². The lowest BCUT2D eigenvalue weighted by molar-refractivity contribution is -0.126. The minimum Gasteiger partial charge on any atom is -0.339 e. The summed E-state index contributed by atoms with van der Waals surface area (Å²) in [7, 11) is -3.38. The van der Waals surface area contributed by atoms with Gasteiger partial charge in [0.1, 0.15) is 5.84 Å². The van der Waals surface area contributed by atoms with E-state index < -0.39 is 10.0 Å². The van der Waals surface area contributed by atoms with Crippen LogP contribution in [0.4, 0.5) is 0 Å². The topological polar surface area (TPSA) is 70.1 Å². The number of amidine groups is 1. The Morgan fingerprint density at radius 2 is 2.00 bits per heavy atom. The molecular formula is C18H21N3O3S. The molecule has 0 bridgehead atoms. The smallest absolute Gasteiger partial charge is 0.256 e. The van der Waals surface area contributed by atoms with Crippen molar-refractivity contribution in [3.63, 3.8) is 0 Å². The van der Waals surface area contributed by atoms with Gasteiger partial charge in [0, 0.05) is 25.8 Å². The molecule has 0 N–H and O–H groups in total. The number of likely N-dealkylation sites (N-methyl/N-ethyl adjacent to an activating group) is 1. The van der Waals surface area contributed by atoms with E-state index in [2.05, 4.69) is 16.5 Å². The third kappa shape index (κ3) is 4.17. The highest BCUT2D eigenvalue weighted by atomic mass is 32.2. The first-order chi connectivity index (χ1) is 12.0. The van der Waals surface area contributed by atoms with Gasteiger partial charge in [-0.2, -0.15) is 0 Å². The van der Waals surface area contributed by atoms with Gasteiger partial charge < -0.3 is 9.80 Å². The number of rotatable bonds is 5. The zero-order valence-corrected chi connectivity index (χ0v) is 14.9. The van der Waals surface area contributed by atoms with Crippen LogP contribution in [0.1, 0.15) is 12.5 Å². The maximum atomic E-state index is 12.8. The van der Waals surface area contributed by atoms with Crippen LogP contribution >= 0.6 is 0 Å². The molecule has 0 radical (unpaired) electrons. The molecule has 2 aliphatic rings. The molecule has 0 fully saturated rings. The highest BCUT2D eigenvalue weighted by Gasteiger charge is 2.26. The lowest BCUT2D eigenvalue weighted by Crippen LogP contribution is -2.39. The summed E-state index contributed by atoms with van der Waals surface area (Å²) in [6, 6.07) is 10.1. The number of carbonyl (C=O) groups is 1. The van der Waals surface area contributed by atoms with Gasteiger partial charge in [-0.1, -0.05) is 30.3 Å². The first kappa shape index (κ1) is 17.4. The number of sulfonamides is 1. The maximum absolute atomic E-state index is 12.8. The van der Waals surface area contributed by atoms with Gasteiger partial charge in [0.05, 0.1) is 11.3 Å². The molecule has 1 amide bonds. The molecule has 0 unspecified atom stereocenters. The molecule has 0 saturated carbocycles. The molecule has 1 aromatic carbocycles. The molecule has 2 heterocycles. The Morgan fingerprint density at radius 3 is 2.72 bits per heavy atom. The normalized spacial score (nSPS) is 18.2. The predicted octanol–water partition coefficient (Wildman–Crippen LogP) is 1.58. The number of hydrogen-bond acceptors (Lipinski definition) is 4. The van der Waals surface area contributed by atoms with Crippen molar-refractivity contribution >= 4 is 21.8 Å². The first-order valence-corrected chi connectivity index (χ1v) is 9.92. The van der Waals surface area contributed by atoms with Gasteiger partial charge in [0.25, 0.3) is 15.9 Å². The number of benzene rings is 1. The minimum atomic E-state index is -3.38. The van der Waals surface area contributed by atoms with E-state index in [1.54, 1.807) is 28.2 Å². The van der Waals surface area contributed by atoms with Crippen LogP contribution in [-0.4, -0.2) is 55.3 Å². The average molecular weight is 359 g/mol. The van der Waals surface area contributed by atoms with Gasteiger partial charge in [-0.05, 0) is 31.1 Å². The van der Waals surface area contributed by atoms with Crippen molar-refractivity contribution in [1.29, 1.82) is 0 Å². The molecule has 6 nitrogen and oxygen atoms in total. The Morgan fingerprint density at radius 1 is 1.24 bits per heavy atom. The lowest BCUT2D eigenvalue weighted by Gasteiger charge is -2.29. The molecule has 0 atom stereocenters. The minimum absolute atomic E-state index is 0.0339. The van der Waals surface area contributed by atoms with E-state index in [0.717, 1.165) is 6.42 Å². The second-order valence-electron chi connectivity index (χ2n) is 5.97. The van der Waals surface area contributed by atoms with Gasteiger partial charge >= 0.3 is 0 Å². The molecule has 0 aliphatic carbocycles. The third-order valence-corrected chi connectivity index (χ3v) is 5.42. The summed E-state index contributed by atoms with van der Waals surface area (Å²) in [5, 5.41) is 0. The van der Waals surface area contributed by atoms with Crippen LogP contribution in [0.2, 0.25) is 0 Å². The molecular weight excluding hydrogens is 338 g/mol. The van der Waals surface area contributed by atoms with Gasteiger partial charge in [-0.25, -0.2) is 8.42 Å². The molecule has 3 rings (SSSR count). The molecule has 7 heteroatoms. The van der Waals surface area contributed by atoms with Crippen LogP contribution in [0, 0.1) is 0 Å². The Balaban J connectivity index is 1.69. The molecule has 25 heavy (non-hydrogen) atoms. The van der Waals surface area contributed by atoms with Crippen molar-refractivity contribution in [2.75, 3.05) is 25.4 Å². The highest BCUT2D eigenvalue weighted by molar-refractivity contribution is 7.90. The van der Waals surface area contributed by atoms with Gasteiger partial charge in [0.15, 0.2) is 0 Å². The van der Waals surface area contributed by atoms with Crippen LogP contribution in [-0.2, 0) is 21.2 Å². The average Bonchev–Trinajstić information content (AvgIpc) is 2.62. The van der Waals surface area contributed by atoms with E-state index in [1.807, 2.05) is 25.1 Å². The lowest BCUT2D eigenvalue weighted by atomic mass is 10.1. The van der Waals surface area contributed by atoms with Crippen LogP contribution in [0.3, 0.4) is 0 Å². The highest BCUT2D eigenvalue weighted by Crippen LogP contribution is 2.17. The van der Waals surface area contributed by atoms with E-state index in [0.29, 0.717) is 31.0 Å². The SMILES string of the molecule is CCN(CCc1ccccc1)C(=O)C1=CN2CCS(=O)(=O)N=C2C=C1. The standard InChI is InChI=1S/C18H21N3O3S/c1-2-20(11-10-15-6-4-3-5-7-15)18(22)16-8-9-17-19-25(23,24)13-12-21(17)14-16/h3-9,14H,2,10-13H2,1H3. The summed E-state index contributed by atoms with van der Waals surface area (Å²) in [5.74, 6) is 0.283. The van der Waals surface area contributed by atoms with E-state index in [9.17, 15) is 13.2 Å². The molecule has 132 valence electrons. The van der Waals surface area contributed by atoms with Gasteiger partial charge in [-0.3, -0.25) is 4.79 Å². The fourth-order valence-corrected chi connectivity index (χ4v) is 3.79. The van der Waals surface area contributed by atoms with E-state index >= 15 is 0 Å². The predicted molar refractivity (Wildman–Crippen MR) is 97.6 cm³/mol. The molecule has 0 saturated heterocycles. The van der Waals surface area contributed by atoms with Crippen molar-refractivity contribution in [3.8, 4) is 0 Å². The number of nitrogens with zero attached hydrogens (tertiary/aromatic N) is 3. The summed E-state index contributed by atoms with van der Waals surface area (Å²) in [6.07, 6.45) is 5.73. The number of carbonyl (C=O) groups excluding carboxylic acids is 1. The van der Waals surface area contributed by atoms with Crippen molar-refractivity contribution in [1.82, 2.24) is 9.80 Å². The van der Waals surface area contributed by atoms with Crippen LogP contribution in [0.5, 0.6) is 0 Å². The Kier molecular flexibility index (Phi) is 5.03. The maximum Gasteiger partial charge on any atom is 0.256 e. The second-order valence-corrected chi connectivity index (χ2v) is 7.72. The van der Waals surface area contributed by atoms with Crippen LogP contribution in [0.25, 0.3) is 0 Å².